The summed E-state index contributed by atoms with van der Waals surface area (Å²) < 4.78 is 29.3. The summed E-state index contributed by atoms with van der Waals surface area (Å²) in [6.45, 7) is 1.46. The number of rotatable bonds is 7. The van der Waals surface area contributed by atoms with Gasteiger partial charge in [-0.1, -0.05) is 12.8 Å². The van der Waals surface area contributed by atoms with Crippen molar-refractivity contribution in [3.63, 3.8) is 0 Å². The molecule has 0 unspecified atom stereocenters. The number of ether oxygens (including phenoxy) is 1. The van der Waals surface area contributed by atoms with Gasteiger partial charge in [0.25, 0.3) is 0 Å². The van der Waals surface area contributed by atoms with E-state index in [-0.39, 0.29) is 4.90 Å². The van der Waals surface area contributed by atoms with Crippen LogP contribution in [0.25, 0.3) is 10.9 Å². The van der Waals surface area contributed by atoms with Crippen LogP contribution in [0.2, 0.25) is 0 Å². The maximum absolute atomic E-state index is 11.7. The van der Waals surface area contributed by atoms with Crippen molar-refractivity contribution in [3.8, 4) is 0 Å². The van der Waals surface area contributed by atoms with E-state index in [1.165, 1.54) is 38.3 Å². The zero-order valence-electron chi connectivity index (χ0n) is 13.9. The average Bonchev–Trinajstić information content (AvgIpc) is 3.06. The maximum Gasteiger partial charge on any atom is 0.175 e. The predicted molar refractivity (Wildman–Crippen MR) is 94.0 cm³/mol. The number of aromatic nitrogens is 2. The Morgan fingerprint density at radius 1 is 1.25 bits per heavy atom. The second kappa shape index (κ2) is 7.44. The lowest BCUT2D eigenvalue weighted by atomic mass is 10.2. The van der Waals surface area contributed by atoms with Crippen LogP contribution in [0.5, 0.6) is 0 Å². The van der Waals surface area contributed by atoms with Gasteiger partial charge >= 0.3 is 0 Å². The molecule has 0 aliphatic heterocycles. The molecule has 1 aliphatic rings. The van der Waals surface area contributed by atoms with E-state index in [2.05, 4.69) is 15.3 Å². The monoisotopic (exact) mass is 349 g/mol. The van der Waals surface area contributed by atoms with Gasteiger partial charge in [-0.05, 0) is 37.5 Å². The standard InChI is InChI=1S/C17H23N3O3S/c1-24(21,22)14-7-8-16-15(11-14)17(20-12-19-16)18-9-4-10-23-13-5-2-3-6-13/h7-8,11-13H,2-6,9-10H2,1H3,(H,18,19,20). The molecular formula is C17H23N3O3S. The summed E-state index contributed by atoms with van der Waals surface area (Å²) in [5.74, 6) is 0.659. The molecule has 1 heterocycles. The zero-order chi connectivity index (χ0) is 17.0. The van der Waals surface area contributed by atoms with Crippen LogP contribution in [0.3, 0.4) is 0 Å². The van der Waals surface area contributed by atoms with Gasteiger partial charge in [-0.25, -0.2) is 18.4 Å². The van der Waals surface area contributed by atoms with E-state index in [0.29, 0.717) is 11.9 Å². The average molecular weight is 349 g/mol. The molecule has 1 aliphatic carbocycles. The van der Waals surface area contributed by atoms with Gasteiger partial charge in [0, 0.05) is 24.8 Å². The van der Waals surface area contributed by atoms with Gasteiger partial charge in [0.2, 0.25) is 0 Å². The Labute approximate surface area is 142 Å². The summed E-state index contributed by atoms with van der Waals surface area (Å²) >= 11 is 0. The molecule has 0 saturated heterocycles. The molecule has 24 heavy (non-hydrogen) atoms. The van der Waals surface area contributed by atoms with E-state index in [1.807, 2.05) is 0 Å². The molecule has 0 spiro atoms. The van der Waals surface area contributed by atoms with Crippen LogP contribution in [0.1, 0.15) is 32.1 Å². The fourth-order valence-corrected chi connectivity index (χ4v) is 3.64. The molecule has 0 bridgehead atoms. The predicted octanol–water partition coefficient (Wildman–Crippen LogP) is 2.79. The van der Waals surface area contributed by atoms with Crippen molar-refractivity contribution in [3.05, 3.63) is 24.5 Å². The Kier molecular flexibility index (Phi) is 5.30. The Morgan fingerprint density at radius 3 is 2.79 bits per heavy atom. The van der Waals surface area contributed by atoms with E-state index in [1.54, 1.807) is 18.2 Å². The molecule has 6 nitrogen and oxygen atoms in total. The molecule has 130 valence electrons. The number of fused-ring (bicyclic) bond motifs is 1. The van der Waals surface area contributed by atoms with Gasteiger partial charge in [-0.15, -0.1) is 0 Å². The number of anilines is 1. The Hall–Kier alpha value is -1.73. The first-order valence-corrected chi connectivity index (χ1v) is 10.2. The third-order valence-electron chi connectivity index (χ3n) is 4.30. The minimum absolute atomic E-state index is 0.275. The molecule has 1 aromatic heterocycles. The fraction of sp³-hybridized carbons (Fsp3) is 0.529. The van der Waals surface area contributed by atoms with E-state index >= 15 is 0 Å². The van der Waals surface area contributed by atoms with Crippen molar-refractivity contribution >= 4 is 26.6 Å². The van der Waals surface area contributed by atoms with Crippen LogP contribution in [0.4, 0.5) is 5.82 Å². The highest BCUT2D eigenvalue weighted by molar-refractivity contribution is 7.90. The number of hydrogen-bond acceptors (Lipinski definition) is 6. The van der Waals surface area contributed by atoms with E-state index in [0.717, 1.165) is 30.5 Å². The molecule has 1 fully saturated rings. The third-order valence-corrected chi connectivity index (χ3v) is 5.41. The summed E-state index contributed by atoms with van der Waals surface area (Å²) in [6, 6.07) is 4.91. The van der Waals surface area contributed by atoms with Gasteiger partial charge in [-0.3, -0.25) is 0 Å². The minimum Gasteiger partial charge on any atom is -0.378 e. The Morgan fingerprint density at radius 2 is 2.04 bits per heavy atom. The number of benzene rings is 1. The van der Waals surface area contributed by atoms with E-state index in [4.69, 9.17) is 4.74 Å². The quantitative estimate of drug-likeness (QED) is 0.774. The van der Waals surface area contributed by atoms with Crippen molar-refractivity contribution in [2.24, 2.45) is 0 Å². The van der Waals surface area contributed by atoms with Crippen LogP contribution < -0.4 is 5.32 Å². The minimum atomic E-state index is -3.25. The molecule has 1 aromatic carbocycles. The summed E-state index contributed by atoms with van der Waals surface area (Å²) in [7, 11) is -3.25. The molecule has 1 N–H and O–H groups in total. The van der Waals surface area contributed by atoms with Crippen molar-refractivity contribution in [2.75, 3.05) is 24.7 Å². The molecular weight excluding hydrogens is 326 g/mol. The largest absolute Gasteiger partial charge is 0.378 e. The number of nitrogens with one attached hydrogen (secondary N) is 1. The fourth-order valence-electron chi connectivity index (χ4n) is 2.99. The van der Waals surface area contributed by atoms with Gasteiger partial charge in [-0.2, -0.15) is 0 Å². The second-order valence-corrected chi connectivity index (χ2v) is 8.25. The van der Waals surface area contributed by atoms with Crippen molar-refractivity contribution < 1.29 is 13.2 Å². The number of sulfone groups is 1. The lowest BCUT2D eigenvalue weighted by molar-refractivity contribution is 0.0583. The number of nitrogens with zero attached hydrogens (tertiary/aromatic N) is 2. The topological polar surface area (TPSA) is 81.2 Å². The molecule has 3 rings (SSSR count). The summed E-state index contributed by atoms with van der Waals surface area (Å²) in [5, 5.41) is 3.99. The molecule has 1 saturated carbocycles. The maximum atomic E-state index is 11.7. The lowest BCUT2D eigenvalue weighted by Gasteiger charge is -2.12. The second-order valence-electron chi connectivity index (χ2n) is 6.23. The highest BCUT2D eigenvalue weighted by Gasteiger charge is 2.15. The smallest absolute Gasteiger partial charge is 0.175 e. The first-order valence-electron chi connectivity index (χ1n) is 8.34. The first-order chi connectivity index (χ1) is 11.5. The summed E-state index contributed by atoms with van der Waals surface area (Å²) in [6.07, 6.45) is 8.91. The van der Waals surface area contributed by atoms with Crippen LogP contribution in [0, 0.1) is 0 Å². The molecule has 0 atom stereocenters. The van der Waals surface area contributed by atoms with Crippen molar-refractivity contribution in [1.29, 1.82) is 0 Å². The lowest BCUT2D eigenvalue weighted by Crippen LogP contribution is -2.12. The van der Waals surface area contributed by atoms with Gasteiger partial charge < -0.3 is 10.1 Å². The third kappa shape index (κ3) is 4.21. The highest BCUT2D eigenvalue weighted by atomic mass is 32.2. The van der Waals surface area contributed by atoms with Gasteiger partial charge in [0.1, 0.15) is 12.1 Å². The van der Waals surface area contributed by atoms with E-state index in [9.17, 15) is 8.42 Å². The highest BCUT2D eigenvalue weighted by Crippen LogP contribution is 2.23. The Balaban J connectivity index is 1.63. The molecule has 7 heteroatoms. The molecule has 2 aromatic rings. The molecule has 0 radical (unpaired) electrons. The first kappa shape index (κ1) is 17.1. The summed E-state index contributed by atoms with van der Waals surface area (Å²) in [5.41, 5.74) is 0.724. The van der Waals surface area contributed by atoms with Gasteiger partial charge in [0.05, 0.1) is 16.5 Å². The zero-order valence-corrected chi connectivity index (χ0v) is 14.7. The van der Waals surface area contributed by atoms with Crippen LogP contribution >= 0.6 is 0 Å². The number of hydrogen-bond donors (Lipinski definition) is 1. The molecule has 0 amide bonds. The van der Waals surface area contributed by atoms with Crippen molar-refractivity contribution in [1.82, 2.24) is 9.97 Å². The van der Waals surface area contributed by atoms with Crippen LogP contribution in [-0.4, -0.2) is 43.9 Å². The summed E-state index contributed by atoms with van der Waals surface area (Å²) in [4.78, 5) is 8.71. The van der Waals surface area contributed by atoms with Crippen molar-refractivity contribution in [2.45, 2.75) is 43.1 Å². The Bertz CT molecular complexity index is 802. The normalized spacial score (nSPS) is 15.9. The van der Waals surface area contributed by atoms with Crippen LogP contribution in [-0.2, 0) is 14.6 Å². The SMILES string of the molecule is CS(=O)(=O)c1ccc2ncnc(NCCCOC3CCCC3)c2c1. The van der Waals surface area contributed by atoms with Crippen LogP contribution in [0.15, 0.2) is 29.4 Å². The van der Waals surface area contributed by atoms with Gasteiger partial charge in [0.15, 0.2) is 9.84 Å². The van der Waals surface area contributed by atoms with E-state index < -0.39 is 9.84 Å².